The van der Waals surface area contributed by atoms with Crippen molar-refractivity contribution in [3.63, 3.8) is 0 Å². The molecule has 3 fully saturated rings. The van der Waals surface area contributed by atoms with Crippen LogP contribution in [0.5, 0.6) is 0 Å². The van der Waals surface area contributed by atoms with E-state index in [1.54, 1.807) is 60.3 Å². The number of ether oxygens (including phenoxy) is 2. The first-order valence-corrected chi connectivity index (χ1v) is 41.9. The molecule has 0 saturated heterocycles. The smallest absolute Gasteiger partial charge is 0.333 e. The molecule has 12 rings (SSSR count). The lowest BCUT2D eigenvalue weighted by Crippen LogP contribution is -2.24. The number of aromatic nitrogens is 12. The van der Waals surface area contributed by atoms with E-state index in [4.69, 9.17) is 24.9 Å². The highest BCUT2D eigenvalue weighted by atomic mass is 79.9. The predicted octanol–water partition coefficient (Wildman–Crippen LogP) is 5.54. The number of benzene rings is 3. The van der Waals surface area contributed by atoms with E-state index >= 15 is 0 Å². The number of nitrogens with two attached hydrogens (primary N) is 3. The molecule has 1 unspecified atom stereocenters. The summed E-state index contributed by atoms with van der Waals surface area (Å²) in [6, 6.07) is 27.3. The Balaban J connectivity index is 0.000000180. The van der Waals surface area contributed by atoms with Gasteiger partial charge in [0.1, 0.15) is 59.1 Å². The number of halogens is 3. The lowest BCUT2D eigenvalue weighted by Gasteiger charge is -2.19. The summed E-state index contributed by atoms with van der Waals surface area (Å²) in [4.78, 5) is 65.3. The third kappa shape index (κ3) is 24.9. The van der Waals surface area contributed by atoms with Gasteiger partial charge in [-0.25, -0.2) is 45.3 Å². The number of ketones is 3. The summed E-state index contributed by atoms with van der Waals surface area (Å²) < 4.78 is 99.2. The van der Waals surface area contributed by atoms with Gasteiger partial charge in [0.05, 0.1) is 104 Å². The highest BCUT2D eigenvalue weighted by Crippen LogP contribution is 2.35. The lowest BCUT2D eigenvalue weighted by molar-refractivity contribution is 0.0687. The first-order valence-electron chi connectivity index (χ1n) is 35.1. The lowest BCUT2D eigenvalue weighted by atomic mass is 10.0. The standard InChI is InChI=1S/2C24H29BrN6O6S.C23H27BrN6O6S/c1-24(2,34)21-9-19(30-31(21)11-14-4-3-5-16(25)6-14)22(33)18-10-27-13-28-23(18)29-17-7-15(20(32)8-17)12-37-38(26,35)36;1-14(36-2)21-9-20(30-31(21)11-15-4-3-5-17(25)6-15)23(33)19-10-27-13-28-24(19)29-18-7-16(22(32)8-18)12-37-38(26,34)35;1-35-12-18-8-20(29-30(18)10-14-3-2-4-16(24)5-14)22(32)19-9-26-13-27-23(19)28-17-6-15(21(31)7-17)11-36-37(25,33)34/h3-6,9-10,13,15,17,20,32,34H,7-8,11-12H2,1-2H3,(H2,26,35,36)(H,27,28,29);3-6,9-10,13-14,16,18,22,32H,7-8,11-12H2,1-2H3,(H2,26,34,35)(H,27,28,29);2-5,8-9,13,15,17,21,31H,6-7,10-12H2,1H3,(H2,25,33,34)(H,26,27,28)/t15-,17-,20+;14?,16-,18-,22+;15-,17-,21+/m111/s1. The molecule has 13 N–H and O–H groups in total. The number of aliphatic hydroxyl groups excluding tert-OH is 3. The number of methoxy groups -OCH3 is 2. The zero-order chi connectivity index (χ0) is 81.7. The molecule has 606 valence electrons. The fourth-order valence-corrected chi connectivity index (χ4v) is 15.7. The van der Waals surface area contributed by atoms with Crippen LogP contribution in [0.1, 0.15) is 147 Å². The number of aliphatic hydroxyl groups is 4. The van der Waals surface area contributed by atoms with E-state index in [1.165, 1.54) is 37.6 Å². The second-order valence-corrected chi connectivity index (χ2v) is 34.1. The number of nitrogens with one attached hydrogen (secondary N) is 3. The molecule has 113 heavy (non-hydrogen) atoms. The van der Waals surface area contributed by atoms with Crippen LogP contribution in [0.15, 0.2) is 142 Å². The highest BCUT2D eigenvalue weighted by Gasteiger charge is 2.39. The summed E-state index contributed by atoms with van der Waals surface area (Å²) in [5, 5.41) is 79.6. The van der Waals surface area contributed by atoms with Crippen LogP contribution >= 0.6 is 47.8 Å². The number of hydrogen-bond donors (Lipinski definition) is 10. The molecule has 6 aromatic heterocycles. The van der Waals surface area contributed by atoms with Crippen LogP contribution in [-0.4, -0.2) is 193 Å². The van der Waals surface area contributed by atoms with Crippen molar-refractivity contribution in [2.24, 2.45) is 33.2 Å². The van der Waals surface area contributed by atoms with Gasteiger partial charge in [0.25, 0.3) is 0 Å². The van der Waals surface area contributed by atoms with Crippen molar-refractivity contribution in [1.29, 1.82) is 0 Å². The van der Waals surface area contributed by atoms with Gasteiger partial charge < -0.3 is 45.9 Å². The third-order valence-electron chi connectivity index (χ3n) is 18.7. The van der Waals surface area contributed by atoms with Gasteiger partial charge in [-0.1, -0.05) is 84.2 Å². The molecule has 0 spiro atoms. The maximum atomic E-state index is 13.6. The van der Waals surface area contributed by atoms with Crippen LogP contribution in [-0.2, 0) is 84.8 Å². The van der Waals surface area contributed by atoms with Crippen LogP contribution in [0.3, 0.4) is 0 Å². The van der Waals surface area contributed by atoms with Gasteiger partial charge in [-0.3, -0.25) is 41.0 Å². The normalized spacial score (nSPS) is 20.0. The molecular weight excluding hydrogens is 1730 g/mol. The Morgan fingerprint density at radius 3 is 1.22 bits per heavy atom. The Kier molecular flexibility index (Phi) is 29.7. The maximum absolute atomic E-state index is 13.6. The van der Waals surface area contributed by atoms with Crippen LogP contribution in [0.2, 0.25) is 0 Å². The molecular formula is C71H85Br3N18O18S3. The molecule has 3 aromatic carbocycles. The number of carbonyl (C=O) groups is 3. The minimum absolute atomic E-state index is 0.112. The summed E-state index contributed by atoms with van der Waals surface area (Å²) >= 11 is 10.4. The van der Waals surface area contributed by atoms with Crippen LogP contribution < -0.4 is 31.4 Å². The van der Waals surface area contributed by atoms with Gasteiger partial charge in [0, 0.05) is 82.1 Å². The molecule has 42 heteroatoms. The molecule has 0 amide bonds. The molecule has 0 radical (unpaired) electrons. The maximum Gasteiger partial charge on any atom is 0.333 e. The highest BCUT2D eigenvalue weighted by molar-refractivity contribution is 9.11. The molecule has 3 aliphatic rings. The van der Waals surface area contributed by atoms with Crippen molar-refractivity contribution >= 4 is 114 Å². The molecule has 3 aliphatic carbocycles. The molecule has 0 bridgehead atoms. The summed E-state index contributed by atoms with van der Waals surface area (Å²) in [7, 11) is -9.17. The second-order valence-electron chi connectivity index (χ2n) is 27.7. The Hall–Kier alpha value is -8.25. The fraction of sp³-hybridized carbons (Fsp3) is 0.408. The summed E-state index contributed by atoms with van der Waals surface area (Å²) in [5.41, 5.74) is 4.73. The Morgan fingerprint density at radius 1 is 0.522 bits per heavy atom. The Bertz CT molecular complexity index is 5200. The van der Waals surface area contributed by atoms with Gasteiger partial charge in [-0.15, -0.1) is 0 Å². The fourth-order valence-electron chi connectivity index (χ4n) is 13.2. The van der Waals surface area contributed by atoms with Crippen molar-refractivity contribution in [3.8, 4) is 0 Å². The minimum atomic E-state index is -4.12. The SMILES string of the molecule is CC(C)(O)c1cc(C(=O)c2cncnc2N[C@@H]2C[C@H](COS(N)(=O)=O)[C@@H](O)C2)nn1Cc1cccc(Br)c1.COC(C)c1cc(C(=O)c2cncnc2N[C@@H]2C[C@H](COS(N)(=O)=O)[C@@H](O)C2)nn1Cc1cccc(Br)c1.COCc1cc(C(=O)c2cncnc2N[C@@H]2C[C@H](COS(N)(=O)=O)[C@@H](O)C2)nn1Cc1cccc(Br)c1. The number of carbonyl (C=O) groups excluding carboxylic acids is 3. The summed E-state index contributed by atoms with van der Waals surface area (Å²) in [6.45, 7) is 5.90. The van der Waals surface area contributed by atoms with Crippen molar-refractivity contribution < 1.29 is 82.1 Å². The second kappa shape index (κ2) is 38.5. The van der Waals surface area contributed by atoms with E-state index in [0.717, 1.165) is 41.5 Å². The Labute approximate surface area is 676 Å². The largest absolute Gasteiger partial charge is 0.393 e. The predicted molar refractivity (Wildman–Crippen MR) is 420 cm³/mol. The first kappa shape index (κ1) is 87.1. The van der Waals surface area contributed by atoms with Crippen molar-refractivity contribution in [3.05, 3.63) is 210 Å². The zero-order valence-corrected chi connectivity index (χ0v) is 68.8. The van der Waals surface area contributed by atoms with Crippen LogP contribution in [0.4, 0.5) is 17.5 Å². The first-order chi connectivity index (χ1) is 53.5. The molecule has 9 aromatic rings. The topological polar surface area (TPSA) is 526 Å². The molecule has 6 heterocycles. The minimum Gasteiger partial charge on any atom is -0.393 e. The van der Waals surface area contributed by atoms with E-state index < -0.39 is 78.4 Å². The number of hydrogen-bond acceptors (Lipinski definition) is 30. The Morgan fingerprint density at radius 2 is 0.867 bits per heavy atom. The molecule has 0 aliphatic heterocycles. The van der Waals surface area contributed by atoms with E-state index in [1.807, 2.05) is 79.7 Å². The van der Waals surface area contributed by atoms with Crippen molar-refractivity contribution in [1.82, 2.24) is 59.2 Å². The molecule has 36 nitrogen and oxygen atoms in total. The van der Waals surface area contributed by atoms with Crippen molar-refractivity contribution in [2.75, 3.05) is 50.0 Å². The number of anilines is 3. The van der Waals surface area contributed by atoms with Gasteiger partial charge in [-0.05, 0) is 131 Å². The van der Waals surface area contributed by atoms with Gasteiger partial charge in [0.15, 0.2) is 0 Å². The van der Waals surface area contributed by atoms with Crippen LogP contribution in [0, 0.1) is 17.8 Å². The third-order valence-corrected chi connectivity index (χ3v) is 21.6. The van der Waals surface area contributed by atoms with E-state index in [2.05, 4.69) is 121 Å². The van der Waals surface area contributed by atoms with Gasteiger partial charge in [0.2, 0.25) is 17.3 Å². The van der Waals surface area contributed by atoms with Gasteiger partial charge in [-0.2, -0.15) is 40.5 Å². The van der Waals surface area contributed by atoms with Gasteiger partial charge >= 0.3 is 30.9 Å². The van der Waals surface area contributed by atoms with Crippen molar-refractivity contribution in [2.45, 2.75) is 134 Å². The quantitative estimate of drug-likeness (QED) is 0.0231. The summed E-state index contributed by atoms with van der Waals surface area (Å²) in [5.74, 6) is -1.71. The average molecular weight is 1810 g/mol. The number of nitrogens with zero attached hydrogens (tertiary/aromatic N) is 12. The number of rotatable bonds is 32. The monoisotopic (exact) mass is 1810 g/mol. The van der Waals surface area contributed by atoms with E-state index in [-0.39, 0.29) is 108 Å². The van der Waals surface area contributed by atoms with Crippen LogP contribution in [0.25, 0.3) is 0 Å². The van der Waals surface area contributed by atoms with E-state index in [9.17, 15) is 60.1 Å². The summed E-state index contributed by atoms with van der Waals surface area (Å²) in [6.07, 6.45) is 7.47. The average Bonchev–Trinajstić information content (AvgIpc) is 1.67. The molecule has 3 saturated carbocycles. The zero-order valence-electron chi connectivity index (χ0n) is 61.6. The van der Waals surface area contributed by atoms with E-state index in [0.29, 0.717) is 69.7 Å². The molecule has 10 atom stereocenters.